The van der Waals surface area contributed by atoms with Crippen molar-refractivity contribution in [3.05, 3.63) is 77.2 Å². The molecule has 0 fully saturated rings. The summed E-state index contributed by atoms with van der Waals surface area (Å²) in [6.07, 6.45) is 0. The summed E-state index contributed by atoms with van der Waals surface area (Å²) < 4.78 is 52.2. The highest BCUT2D eigenvalue weighted by Crippen LogP contribution is 2.22. The molecule has 10 nitrogen and oxygen atoms in total. The van der Waals surface area contributed by atoms with Gasteiger partial charge in [-0.05, 0) is 47.8 Å². The van der Waals surface area contributed by atoms with E-state index in [1.807, 2.05) is 4.83 Å². The Balaban J connectivity index is 1.74. The van der Waals surface area contributed by atoms with Crippen LogP contribution in [0.2, 0.25) is 0 Å². The molecule has 0 aliphatic carbocycles. The van der Waals surface area contributed by atoms with Crippen LogP contribution in [-0.2, 0) is 20.0 Å². The van der Waals surface area contributed by atoms with Crippen molar-refractivity contribution in [2.45, 2.75) is 9.10 Å². The molecule has 32 heavy (non-hydrogen) atoms. The highest BCUT2D eigenvalue weighted by atomic mass is 32.2. The molecule has 13 heteroatoms. The Bertz CT molecular complexity index is 1340. The van der Waals surface area contributed by atoms with Crippen LogP contribution < -0.4 is 20.3 Å². The summed E-state index contributed by atoms with van der Waals surface area (Å²) in [5.74, 6) is -1.25. The number of hydrazine groups is 1. The van der Waals surface area contributed by atoms with Gasteiger partial charge in [-0.15, -0.1) is 16.2 Å². The molecule has 4 N–H and O–H groups in total. The second kappa shape index (κ2) is 9.48. The molecule has 2 amide bonds. The molecule has 168 valence electrons. The minimum absolute atomic E-state index is 0.0208. The maximum absolute atomic E-state index is 12.6. The number of hydrogen-bond acceptors (Lipinski definition) is 7. The summed E-state index contributed by atoms with van der Waals surface area (Å²) in [4.78, 5) is 25.9. The Hall–Kier alpha value is -3.26. The SMILES string of the molecule is CNC(=O)c1ccc(S(=O)(=O)NNC(=O)c2ccccc2NS(=O)(=O)c2cccs2)cc1. The van der Waals surface area contributed by atoms with Gasteiger partial charge in [0, 0.05) is 12.6 Å². The number of sulfonamides is 2. The molecule has 0 bridgehead atoms. The first kappa shape index (κ1) is 23.4. The van der Waals surface area contributed by atoms with Crippen LogP contribution >= 0.6 is 11.3 Å². The number of anilines is 1. The van der Waals surface area contributed by atoms with Crippen molar-refractivity contribution in [3.63, 3.8) is 0 Å². The van der Waals surface area contributed by atoms with Crippen LogP contribution in [0.5, 0.6) is 0 Å². The molecule has 1 heterocycles. The van der Waals surface area contributed by atoms with Crippen molar-refractivity contribution in [2.75, 3.05) is 11.8 Å². The molecular weight excluding hydrogens is 476 g/mol. The second-order valence-corrected chi connectivity index (χ2v) is 10.8. The van der Waals surface area contributed by atoms with Crippen LogP contribution in [0.3, 0.4) is 0 Å². The van der Waals surface area contributed by atoms with E-state index in [0.717, 1.165) is 11.3 Å². The lowest BCUT2D eigenvalue weighted by atomic mass is 10.2. The Morgan fingerprint density at radius 2 is 1.50 bits per heavy atom. The molecule has 0 atom stereocenters. The Kier molecular flexibility index (Phi) is 6.93. The molecular formula is C19H18N4O6S3. The first-order valence-corrected chi connectivity index (χ1v) is 12.8. The molecule has 0 saturated heterocycles. The second-order valence-electron chi connectivity index (χ2n) is 6.25. The zero-order chi connectivity index (χ0) is 23.4. The van der Waals surface area contributed by atoms with Gasteiger partial charge in [-0.1, -0.05) is 18.2 Å². The van der Waals surface area contributed by atoms with Gasteiger partial charge in [0.2, 0.25) is 0 Å². The van der Waals surface area contributed by atoms with Gasteiger partial charge < -0.3 is 5.32 Å². The summed E-state index contributed by atoms with van der Waals surface area (Å²) in [5, 5.41) is 4.02. The molecule has 0 aliphatic rings. The first-order valence-electron chi connectivity index (χ1n) is 8.94. The van der Waals surface area contributed by atoms with Crippen LogP contribution in [0.4, 0.5) is 5.69 Å². The summed E-state index contributed by atoms with van der Waals surface area (Å²) in [5.41, 5.74) is 2.21. The quantitative estimate of drug-likeness (QED) is 0.349. The minimum atomic E-state index is -4.15. The topological polar surface area (TPSA) is 151 Å². The van der Waals surface area contributed by atoms with Crippen molar-refractivity contribution >= 4 is 48.9 Å². The third kappa shape index (κ3) is 5.31. The van der Waals surface area contributed by atoms with E-state index in [0.29, 0.717) is 0 Å². The minimum Gasteiger partial charge on any atom is -0.355 e. The number of thiophene rings is 1. The smallest absolute Gasteiger partial charge is 0.271 e. The van der Waals surface area contributed by atoms with E-state index in [2.05, 4.69) is 15.5 Å². The normalized spacial score (nSPS) is 11.5. The number of benzene rings is 2. The monoisotopic (exact) mass is 494 g/mol. The van der Waals surface area contributed by atoms with E-state index >= 15 is 0 Å². The van der Waals surface area contributed by atoms with Crippen LogP contribution in [0, 0.1) is 0 Å². The average Bonchev–Trinajstić information content (AvgIpc) is 3.33. The molecule has 0 saturated carbocycles. The van der Waals surface area contributed by atoms with Crippen molar-refractivity contribution < 1.29 is 26.4 Å². The van der Waals surface area contributed by atoms with Gasteiger partial charge >= 0.3 is 0 Å². The van der Waals surface area contributed by atoms with Crippen molar-refractivity contribution in [1.29, 1.82) is 0 Å². The van der Waals surface area contributed by atoms with E-state index in [1.54, 1.807) is 11.4 Å². The fraction of sp³-hybridized carbons (Fsp3) is 0.0526. The van der Waals surface area contributed by atoms with E-state index < -0.39 is 26.0 Å². The van der Waals surface area contributed by atoms with Gasteiger partial charge in [-0.2, -0.15) is 0 Å². The molecule has 3 aromatic rings. The number of rotatable bonds is 8. The van der Waals surface area contributed by atoms with E-state index in [4.69, 9.17) is 0 Å². The first-order chi connectivity index (χ1) is 15.1. The van der Waals surface area contributed by atoms with Gasteiger partial charge in [0.15, 0.2) is 0 Å². The number of para-hydroxylation sites is 1. The van der Waals surface area contributed by atoms with E-state index in [-0.39, 0.29) is 31.8 Å². The summed E-state index contributed by atoms with van der Waals surface area (Å²) in [6.45, 7) is 0. The lowest BCUT2D eigenvalue weighted by Gasteiger charge is -2.13. The molecule has 0 unspecified atom stereocenters. The largest absolute Gasteiger partial charge is 0.355 e. The van der Waals surface area contributed by atoms with Gasteiger partial charge in [0.25, 0.3) is 31.9 Å². The fourth-order valence-corrected chi connectivity index (χ4v) is 5.46. The van der Waals surface area contributed by atoms with Crippen molar-refractivity contribution in [2.24, 2.45) is 0 Å². The van der Waals surface area contributed by atoms with Crippen molar-refractivity contribution in [1.82, 2.24) is 15.6 Å². The van der Waals surface area contributed by atoms with Gasteiger partial charge in [-0.25, -0.2) is 16.8 Å². The van der Waals surface area contributed by atoms with E-state index in [1.165, 1.54) is 61.6 Å². The molecule has 1 aromatic heterocycles. The molecule has 0 aliphatic heterocycles. The highest BCUT2D eigenvalue weighted by molar-refractivity contribution is 7.94. The summed E-state index contributed by atoms with van der Waals surface area (Å²) >= 11 is 1.01. The van der Waals surface area contributed by atoms with Gasteiger partial charge in [0.1, 0.15) is 4.21 Å². The van der Waals surface area contributed by atoms with Crippen LogP contribution in [-0.4, -0.2) is 35.7 Å². The lowest BCUT2D eigenvalue weighted by Crippen LogP contribution is -2.41. The average molecular weight is 495 g/mol. The predicted octanol–water partition coefficient (Wildman–Crippen LogP) is 1.53. The van der Waals surface area contributed by atoms with E-state index in [9.17, 15) is 26.4 Å². The Morgan fingerprint density at radius 3 is 2.12 bits per heavy atom. The zero-order valence-electron chi connectivity index (χ0n) is 16.5. The highest BCUT2D eigenvalue weighted by Gasteiger charge is 2.21. The maximum atomic E-state index is 12.6. The zero-order valence-corrected chi connectivity index (χ0v) is 19.0. The van der Waals surface area contributed by atoms with Crippen LogP contribution in [0.15, 0.2) is 75.1 Å². The Morgan fingerprint density at radius 1 is 0.812 bits per heavy atom. The standard InChI is InChI=1S/C19H18N4O6S3/c1-20-18(24)13-8-10-14(11-9-13)31(26,27)23-21-19(25)15-5-2-3-6-16(15)22-32(28,29)17-7-4-12-30-17/h2-12,22-23H,1H3,(H,20,24)(H,21,25). The number of carbonyl (C=O) groups excluding carboxylic acids is 2. The molecule has 0 spiro atoms. The van der Waals surface area contributed by atoms with Gasteiger partial charge in [0.05, 0.1) is 16.1 Å². The number of carbonyl (C=O) groups is 2. The fourth-order valence-electron chi connectivity index (χ4n) is 2.55. The molecule has 0 radical (unpaired) electrons. The third-order valence-corrected chi connectivity index (χ3v) is 8.16. The lowest BCUT2D eigenvalue weighted by molar-refractivity contribution is 0.0943. The number of hydrogen-bond donors (Lipinski definition) is 4. The molecule has 3 rings (SSSR count). The maximum Gasteiger partial charge on any atom is 0.271 e. The molecule has 2 aromatic carbocycles. The number of amides is 2. The predicted molar refractivity (Wildman–Crippen MR) is 119 cm³/mol. The Labute approximate surface area is 188 Å². The van der Waals surface area contributed by atoms with Crippen LogP contribution in [0.1, 0.15) is 20.7 Å². The third-order valence-electron chi connectivity index (χ3n) is 4.13. The van der Waals surface area contributed by atoms with Gasteiger partial charge in [-0.3, -0.25) is 19.7 Å². The number of nitrogens with one attached hydrogen (secondary N) is 4. The van der Waals surface area contributed by atoms with Crippen LogP contribution in [0.25, 0.3) is 0 Å². The summed E-state index contributed by atoms with van der Waals surface area (Å²) in [6, 6.07) is 13.8. The van der Waals surface area contributed by atoms with Crippen molar-refractivity contribution in [3.8, 4) is 0 Å². The summed E-state index contributed by atoms with van der Waals surface area (Å²) in [7, 11) is -6.61.